The predicted molar refractivity (Wildman–Crippen MR) is 73.0 cm³/mol. The van der Waals surface area contributed by atoms with Crippen molar-refractivity contribution >= 4 is 5.91 Å². The van der Waals surface area contributed by atoms with E-state index in [-0.39, 0.29) is 11.3 Å². The predicted octanol–water partition coefficient (Wildman–Crippen LogP) is 2.86. The lowest BCUT2D eigenvalue weighted by Gasteiger charge is -2.15. The molecular weight excluding hydrogens is 278 g/mol. The molecule has 0 fully saturated rings. The molecule has 6 heteroatoms. The van der Waals surface area contributed by atoms with Gasteiger partial charge in [0.1, 0.15) is 0 Å². The van der Waals surface area contributed by atoms with Crippen molar-refractivity contribution in [1.29, 1.82) is 0 Å². The molecule has 2 rings (SSSR count). The summed E-state index contributed by atoms with van der Waals surface area (Å²) >= 11 is 0. The third kappa shape index (κ3) is 3.34. The molecule has 0 aliphatic rings. The van der Waals surface area contributed by atoms with E-state index < -0.39 is 23.6 Å². The monoisotopic (exact) mass is 292 g/mol. The summed E-state index contributed by atoms with van der Waals surface area (Å²) in [5.74, 6) is -1.69. The number of rotatable bonds is 4. The second-order valence-electron chi connectivity index (χ2n) is 4.44. The summed E-state index contributed by atoms with van der Waals surface area (Å²) in [5, 5.41) is 2.60. The zero-order valence-electron chi connectivity index (χ0n) is 11.6. The number of nitrogens with zero attached hydrogens (tertiary/aromatic N) is 1. The van der Waals surface area contributed by atoms with Crippen molar-refractivity contribution in [3.05, 3.63) is 59.4 Å². The van der Waals surface area contributed by atoms with E-state index in [0.29, 0.717) is 5.56 Å². The lowest BCUT2D eigenvalue weighted by Crippen LogP contribution is -2.27. The summed E-state index contributed by atoms with van der Waals surface area (Å²) in [4.78, 5) is 15.5. The van der Waals surface area contributed by atoms with Crippen LogP contribution < -0.4 is 10.1 Å². The molecule has 0 aliphatic carbocycles. The molecule has 0 radical (unpaired) electrons. The Morgan fingerprint density at radius 3 is 2.67 bits per heavy atom. The Bertz CT molecular complexity index is 662. The first kappa shape index (κ1) is 14.9. The van der Waals surface area contributed by atoms with Gasteiger partial charge in [0.2, 0.25) is 0 Å². The van der Waals surface area contributed by atoms with E-state index >= 15 is 0 Å². The fourth-order valence-electron chi connectivity index (χ4n) is 1.87. The highest BCUT2D eigenvalue weighted by molar-refractivity contribution is 5.94. The third-order valence-corrected chi connectivity index (χ3v) is 3.04. The average molecular weight is 292 g/mol. The molecule has 110 valence electrons. The normalized spacial score (nSPS) is 11.8. The van der Waals surface area contributed by atoms with E-state index in [4.69, 9.17) is 4.74 Å². The van der Waals surface area contributed by atoms with Crippen LogP contribution in [0.15, 0.2) is 36.7 Å². The Kier molecular flexibility index (Phi) is 4.47. The molecule has 4 nitrogen and oxygen atoms in total. The van der Waals surface area contributed by atoms with Crippen molar-refractivity contribution in [3.8, 4) is 5.75 Å². The molecule has 2 aromatic rings. The van der Waals surface area contributed by atoms with Crippen molar-refractivity contribution in [3.63, 3.8) is 0 Å². The minimum absolute atomic E-state index is 0.106. The molecule has 1 heterocycles. The standard InChI is InChI=1S/C15H14F2N2O2/c1-9(10-3-4-14(21-2)12(16)7-10)19-15(20)11-5-6-18-8-13(11)17/h3-9H,1-2H3,(H,19,20). The van der Waals surface area contributed by atoms with Gasteiger partial charge in [0, 0.05) is 6.20 Å². The largest absolute Gasteiger partial charge is 0.494 e. The van der Waals surface area contributed by atoms with Gasteiger partial charge in [-0.1, -0.05) is 6.07 Å². The van der Waals surface area contributed by atoms with E-state index in [9.17, 15) is 13.6 Å². The molecule has 0 saturated heterocycles. The van der Waals surface area contributed by atoms with E-state index in [1.165, 1.54) is 31.5 Å². The summed E-state index contributed by atoms with van der Waals surface area (Å²) in [6, 6.07) is 5.18. The minimum Gasteiger partial charge on any atom is -0.494 e. The van der Waals surface area contributed by atoms with Gasteiger partial charge in [-0.2, -0.15) is 0 Å². The second kappa shape index (κ2) is 6.30. The number of hydrogen-bond donors (Lipinski definition) is 1. The molecule has 1 atom stereocenters. The highest BCUT2D eigenvalue weighted by Crippen LogP contribution is 2.22. The lowest BCUT2D eigenvalue weighted by molar-refractivity contribution is 0.0935. The fourth-order valence-corrected chi connectivity index (χ4v) is 1.87. The third-order valence-electron chi connectivity index (χ3n) is 3.04. The number of halogens is 2. The Balaban J connectivity index is 2.14. The minimum atomic E-state index is -0.705. The Hall–Kier alpha value is -2.50. The molecule has 1 aromatic carbocycles. The SMILES string of the molecule is COc1ccc(C(C)NC(=O)c2ccncc2F)cc1F. The number of nitrogens with one attached hydrogen (secondary N) is 1. The van der Waals surface area contributed by atoms with E-state index in [1.807, 2.05) is 0 Å². The Morgan fingerprint density at radius 1 is 1.29 bits per heavy atom. The average Bonchev–Trinajstić information content (AvgIpc) is 2.47. The van der Waals surface area contributed by atoms with Crippen LogP contribution in [-0.4, -0.2) is 18.0 Å². The summed E-state index contributed by atoms with van der Waals surface area (Å²) in [5.41, 5.74) is 0.446. The number of carbonyl (C=O) groups excluding carboxylic acids is 1. The van der Waals surface area contributed by atoms with Gasteiger partial charge >= 0.3 is 0 Å². The van der Waals surface area contributed by atoms with Crippen molar-refractivity contribution in [1.82, 2.24) is 10.3 Å². The van der Waals surface area contributed by atoms with Gasteiger partial charge in [0.15, 0.2) is 17.4 Å². The maximum Gasteiger partial charge on any atom is 0.254 e. The Labute approximate surface area is 120 Å². The molecule has 1 unspecified atom stereocenters. The first-order valence-corrected chi connectivity index (χ1v) is 6.26. The van der Waals surface area contributed by atoms with Crippen LogP contribution in [0.1, 0.15) is 28.9 Å². The first-order valence-electron chi connectivity index (χ1n) is 6.26. The molecule has 0 bridgehead atoms. The van der Waals surface area contributed by atoms with Crippen LogP contribution in [0.4, 0.5) is 8.78 Å². The first-order chi connectivity index (χ1) is 10.0. The zero-order chi connectivity index (χ0) is 15.4. The number of carbonyl (C=O) groups is 1. The number of aromatic nitrogens is 1. The highest BCUT2D eigenvalue weighted by Gasteiger charge is 2.16. The quantitative estimate of drug-likeness (QED) is 0.942. The second-order valence-corrected chi connectivity index (χ2v) is 4.44. The van der Waals surface area contributed by atoms with Gasteiger partial charge in [-0.15, -0.1) is 0 Å². The summed E-state index contributed by atoms with van der Waals surface area (Å²) in [7, 11) is 1.37. The van der Waals surface area contributed by atoms with Crippen LogP contribution in [0.3, 0.4) is 0 Å². The number of hydrogen-bond acceptors (Lipinski definition) is 3. The molecule has 0 aliphatic heterocycles. The van der Waals surface area contributed by atoms with Crippen LogP contribution in [0.2, 0.25) is 0 Å². The zero-order valence-corrected chi connectivity index (χ0v) is 11.6. The smallest absolute Gasteiger partial charge is 0.254 e. The maximum absolute atomic E-state index is 13.6. The van der Waals surface area contributed by atoms with Gasteiger partial charge in [-0.25, -0.2) is 8.78 Å². The van der Waals surface area contributed by atoms with E-state index in [2.05, 4.69) is 10.3 Å². The molecule has 1 N–H and O–H groups in total. The van der Waals surface area contributed by atoms with Crippen LogP contribution >= 0.6 is 0 Å². The number of amides is 1. The van der Waals surface area contributed by atoms with Crippen LogP contribution in [-0.2, 0) is 0 Å². The number of benzene rings is 1. The fraction of sp³-hybridized carbons (Fsp3) is 0.200. The maximum atomic E-state index is 13.6. The number of methoxy groups -OCH3 is 1. The van der Waals surface area contributed by atoms with E-state index in [1.54, 1.807) is 13.0 Å². The van der Waals surface area contributed by atoms with Crippen molar-refractivity contribution in [2.45, 2.75) is 13.0 Å². The summed E-state index contributed by atoms with van der Waals surface area (Å²) in [6.45, 7) is 1.68. The number of pyridine rings is 1. The van der Waals surface area contributed by atoms with E-state index in [0.717, 1.165) is 6.20 Å². The topological polar surface area (TPSA) is 51.2 Å². The van der Waals surface area contributed by atoms with Gasteiger partial charge in [-0.3, -0.25) is 9.78 Å². The van der Waals surface area contributed by atoms with Crippen molar-refractivity contribution < 1.29 is 18.3 Å². The Morgan fingerprint density at radius 2 is 2.05 bits per heavy atom. The summed E-state index contributed by atoms with van der Waals surface area (Å²) < 4.78 is 31.9. The van der Waals surface area contributed by atoms with Gasteiger partial charge in [0.25, 0.3) is 5.91 Å². The molecular formula is C15H14F2N2O2. The molecule has 0 saturated carbocycles. The molecule has 0 spiro atoms. The van der Waals surface area contributed by atoms with Gasteiger partial charge < -0.3 is 10.1 Å². The molecule has 1 aromatic heterocycles. The summed E-state index contributed by atoms with van der Waals surface area (Å²) in [6.07, 6.45) is 2.29. The van der Waals surface area contributed by atoms with Crippen LogP contribution in [0.25, 0.3) is 0 Å². The van der Waals surface area contributed by atoms with Crippen LogP contribution in [0.5, 0.6) is 5.75 Å². The molecule has 21 heavy (non-hydrogen) atoms. The van der Waals surface area contributed by atoms with Crippen molar-refractivity contribution in [2.75, 3.05) is 7.11 Å². The lowest BCUT2D eigenvalue weighted by atomic mass is 10.1. The van der Waals surface area contributed by atoms with Crippen molar-refractivity contribution in [2.24, 2.45) is 0 Å². The molecule has 1 amide bonds. The van der Waals surface area contributed by atoms with Gasteiger partial charge in [-0.05, 0) is 30.7 Å². The number of ether oxygens (including phenoxy) is 1. The van der Waals surface area contributed by atoms with Gasteiger partial charge in [0.05, 0.1) is 24.9 Å². The van der Waals surface area contributed by atoms with Crippen LogP contribution in [0, 0.1) is 11.6 Å². The highest BCUT2D eigenvalue weighted by atomic mass is 19.1.